The van der Waals surface area contributed by atoms with Crippen LogP contribution >= 0.6 is 0 Å². The Kier molecular flexibility index (Phi) is 11.9. The molecular weight excluding hydrogens is 610 g/mol. The van der Waals surface area contributed by atoms with Gasteiger partial charge in [0.15, 0.2) is 0 Å². The maximum atomic E-state index is 12.9. The van der Waals surface area contributed by atoms with Gasteiger partial charge in [-0.15, -0.1) is 0 Å². The van der Waals surface area contributed by atoms with Crippen molar-refractivity contribution in [2.75, 3.05) is 43.4 Å². The molecule has 4 N–H and O–H groups in total. The van der Waals surface area contributed by atoms with Crippen LogP contribution in [-0.2, 0) is 32.0 Å². The average molecular weight is 658 g/mol. The van der Waals surface area contributed by atoms with Crippen molar-refractivity contribution in [1.82, 2.24) is 25.0 Å². The van der Waals surface area contributed by atoms with Crippen molar-refractivity contribution < 1.29 is 24.3 Å². The monoisotopic (exact) mass is 657 g/mol. The van der Waals surface area contributed by atoms with E-state index in [1.54, 1.807) is 10.7 Å². The molecule has 12 heteroatoms. The Hall–Kier alpha value is -4.58. The van der Waals surface area contributed by atoms with Crippen LogP contribution in [0, 0.1) is 19.8 Å². The standard InChI is InChI=1S/C36H47N7O5/c1-24-16-25(2)43(41-24)32-18-28(17-31(20-32)39-34(46)21-38-33(45)7-3-4-15-44)29(19-35(47)48)23-42-14-12-26(22-42)8-10-30-11-9-27-6-5-13-37-36(27)40-30/h9,11,15-18,20,26,29H,3-8,10,12-14,19,21-23H2,1-2H3,(H,37,40)(H,38,45)(H,39,46)(H,47,48). The fraction of sp³-hybridized carbons (Fsp3) is 0.500. The van der Waals surface area contributed by atoms with E-state index < -0.39 is 11.9 Å². The van der Waals surface area contributed by atoms with Crippen LogP contribution in [0.15, 0.2) is 36.4 Å². The zero-order chi connectivity index (χ0) is 34.0. The summed E-state index contributed by atoms with van der Waals surface area (Å²) in [7, 11) is 0. The van der Waals surface area contributed by atoms with Crippen LogP contribution < -0.4 is 16.0 Å². The third kappa shape index (κ3) is 9.72. The summed E-state index contributed by atoms with van der Waals surface area (Å²) in [4.78, 5) is 54.8. The Morgan fingerprint density at radius 1 is 1.15 bits per heavy atom. The lowest BCUT2D eigenvalue weighted by Crippen LogP contribution is -2.32. The van der Waals surface area contributed by atoms with Gasteiger partial charge in [0.25, 0.3) is 0 Å². The summed E-state index contributed by atoms with van der Waals surface area (Å²) < 4.78 is 1.79. The van der Waals surface area contributed by atoms with Crippen molar-refractivity contribution >= 4 is 35.6 Å². The van der Waals surface area contributed by atoms with E-state index in [2.05, 4.69) is 38.1 Å². The lowest BCUT2D eigenvalue weighted by Gasteiger charge is -2.24. The Bertz CT molecular complexity index is 1620. The third-order valence-electron chi connectivity index (χ3n) is 9.15. The maximum absolute atomic E-state index is 12.9. The molecule has 2 aromatic heterocycles. The van der Waals surface area contributed by atoms with Crippen LogP contribution in [0.2, 0.25) is 0 Å². The quantitative estimate of drug-likeness (QED) is 0.131. The van der Waals surface area contributed by atoms with Crippen molar-refractivity contribution in [2.45, 2.75) is 77.6 Å². The highest BCUT2D eigenvalue weighted by molar-refractivity contribution is 5.94. The fourth-order valence-electron chi connectivity index (χ4n) is 6.76. The number of likely N-dealkylation sites (tertiary alicyclic amines) is 1. The smallest absolute Gasteiger partial charge is 0.304 e. The number of carboxylic acid groups (broad SMARTS) is 1. The topological polar surface area (TPSA) is 159 Å². The van der Waals surface area contributed by atoms with E-state index in [0.29, 0.717) is 36.7 Å². The first-order chi connectivity index (χ1) is 23.2. The van der Waals surface area contributed by atoms with E-state index in [1.165, 1.54) is 5.56 Å². The van der Waals surface area contributed by atoms with E-state index in [1.807, 2.05) is 32.0 Å². The lowest BCUT2D eigenvalue weighted by atomic mass is 9.93. The van der Waals surface area contributed by atoms with Crippen molar-refractivity contribution in [2.24, 2.45) is 5.92 Å². The highest BCUT2D eigenvalue weighted by Gasteiger charge is 2.27. The fourth-order valence-corrected chi connectivity index (χ4v) is 6.76. The highest BCUT2D eigenvalue weighted by Crippen LogP contribution is 2.31. The van der Waals surface area contributed by atoms with E-state index in [9.17, 15) is 24.3 Å². The number of nitrogens with one attached hydrogen (secondary N) is 3. The van der Waals surface area contributed by atoms with Crippen LogP contribution in [0.1, 0.15) is 79.1 Å². The number of rotatable bonds is 16. The summed E-state index contributed by atoms with van der Waals surface area (Å²) in [5, 5.41) is 23.5. The second-order valence-electron chi connectivity index (χ2n) is 13.1. The van der Waals surface area contributed by atoms with Crippen LogP contribution in [0.4, 0.5) is 11.5 Å². The molecule has 2 aliphatic heterocycles. The highest BCUT2D eigenvalue weighted by atomic mass is 16.4. The van der Waals surface area contributed by atoms with E-state index in [-0.39, 0.29) is 31.2 Å². The van der Waals surface area contributed by atoms with Crippen LogP contribution in [0.3, 0.4) is 0 Å². The number of benzene rings is 1. The van der Waals surface area contributed by atoms with Crippen molar-refractivity contribution in [3.8, 4) is 5.69 Å². The van der Waals surface area contributed by atoms with Gasteiger partial charge in [0.05, 0.1) is 24.3 Å². The molecule has 1 fully saturated rings. The first-order valence-electron chi connectivity index (χ1n) is 17.0. The molecule has 0 spiro atoms. The molecule has 2 unspecified atom stereocenters. The molecule has 1 aromatic carbocycles. The predicted octanol–water partition coefficient (Wildman–Crippen LogP) is 4.18. The molecule has 2 atom stereocenters. The Morgan fingerprint density at radius 2 is 2.00 bits per heavy atom. The summed E-state index contributed by atoms with van der Waals surface area (Å²) in [5.74, 6) is -0.382. The SMILES string of the molecule is Cc1cc(C)n(-c2cc(NC(=O)CNC(=O)CCCC=O)cc(C(CC(=O)O)CN3CCC(CCc4ccc5c(n4)NCCC5)C3)c2)n1. The maximum Gasteiger partial charge on any atom is 0.304 e. The number of unbranched alkanes of at least 4 members (excludes halogenated alkanes) is 1. The molecular formula is C36H47N7O5. The van der Waals surface area contributed by atoms with E-state index in [4.69, 9.17) is 4.98 Å². The number of aliphatic carboxylic acids is 1. The van der Waals surface area contributed by atoms with E-state index >= 15 is 0 Å². The molecule has 12 nitrogen and oxygen atoms in total. The molecule has 4 heterocycles. The number of hydrogen-bond acceptors (Lipinski definition) is 8. The number of carboxylic acids is 1. The minimum atomic E-state index is -0.887. The van der Waals surface area contributed by atoms with Gasteiger partial charge in [0.2, 0.25) is 11.8 Å². The molecule has 5 rings (SSSR count). The van der Waals surface area contributed by atoms with Gasteiger partial charge in [0.1, 0.15) is 12.1 Å². The van der Waals surface area contributed by atoms with E-state index in [0.717, 1.165) is 86.5 Å². The van der Waals surface area contributed by atoms with Crippen molar-refractivity contribution in [3.05, 3.63) is 64.6 Å². The van der Waals surface area contributed by atoms with Gasteiger partial charge in [-0.1, -0.05) is 6.07 Å². The van der Waals surface area contributed by atoms with Gasteiger partial charge in [0, 0.05) is 55.5 Å². The molecule has 0 bridgehead atoms. The number of amides is 2. The summed E-state index contributed by atoms with van der Waals surface area (Å²) in [6.45, 7) is 6.97. The molecule has 2 aliphatic rings. The zero-order valence-corrected chi connectivity index (χ0v) is 28.0. The van der Waals surface area contributed by atoms with Gasteiger partial charge < -0.3 is 30.8 Å². The lowest BCUT2D eigenvalue weighted by molar-refractivity contribution is -0.137. The number of carbonyl (C=O) groups excluding carboxylic acids is 3. The van der Waals surface area contributed by atoms with Crippen LogP contribution in [-0.4, -0.2) is 81.6 Å². The van der Waals surface area contributed by atoms with Crippen LogP contribution in [0.5, 0.6) is 0 Å². The Labute approximate surface area is 281 Å². The molecule has 48 heavy (non-hydrogen) atoms. The van der Waals surface area contributed by atoms with Gasteiger partial charge in [-0.2, -0.15) is 5.10 Å². The van der Waals surface area contributed by atoms with Gasteiger partial charge in [-0.3, -0.25) is 14.4 Å². The molecule has 0 radical (unpaired) electrons. The molecule has 3 aromatic rings. The predicted molar refractivity (Wildman–Crippen MR) is 184 cm³/mol. The summed E-state index contributed by atoms with van der Waals surface area (Å²) >= 11 is 0. The number of aryl methyl sites for hydroxylation is 4. The Balaban J connectivity index is 1.27. The number of fused-ring (bicyclic) bond motifs is 1. The molecule has 2 amide bonds. The minimum absolute atomic E-state index is 0.0575. The number of aldehydes is 1. The van der Waals surface area contributed by atoms with Crippen molar-refractivity contribution in [3.63, 3.8) is 0 Å². The van der Waals surface area contributed by atoms with Gasteiger partial charge in [-0.05, 0) is 106 Å². The number of hydrogen-bond donors (Lipinski definition) is 4. The number of carbonyl (C=O) groups is 4. The molecule has 1 saturated heterocycles. The summed E-state index contributed by atoms with van der Waals surface area (Å²) in [5.41, 5.74) is 6.16. The number of nitrogens with zero attached hydrogens (tertiary/aromatic N) is 4. The minimum Gasteiger partial charge on any atom is -0.481 e. The van der Waals surface area contributed by atoms with Crippen molar-refractivity contribution in [1.29, 1.82) is 0 Å². The summed E-state index contributed by atoms with van der Waals surface area (Å²) in [6, 6.07) is 11.9. The molecule has 256 valence electrons. The van der Waals surface area contributed by atoms with Crippen LogP contribution in [0.25, 0.3) is 5.69 Å². The molecule has 0 saturated carbocycles. The third-order valence-corrected chi connectivity index (χ3v) is 9.15. The zero-order valence-electron chi connectivity index (χ0n) is 28.0. The normalized spacial score (nSPS) is 16.5. The largest absolute Gasteiger partial charge is 0.481 e. The second kappa shape index (κ2) is 16.5. The van der Waals surface area contributed by atoms with Gasteiger partial charge in [-0.25, -0.2) is 9.67 Å². The van der Waals surface area contributed by atoms with Gasteiger partial charge >= 0.3 is 5.97 Å². The number of pyridine rings is 1. The number of anilines is 2. The first-order valence-corrected chi connectivity index (χ1v) is 17.0. The second-order valence-corrected chi connectivity index (χ2v) is 13.1. The first kappa shape index (κ1) is 34.7. The average Bonchev–Trinajstić information content (AvgIpc) is 3.66. The molecule has 0 aliphatic carbocycles. The number of aromatic nitrogens is 3. The summed E-state index contributed by atoms with van der Waals surface area (Å²) in [6.07, 6.45) is 6.81. The Morgan fingerprint density at radius 3 is 2.77 bits per heavy atom.